The molecule has 0 spiro atoms. The molecule has 0 radical (unpaired) electrons. The molecule has 7 heteroatoms. The SMILES string of the molecule is CCCOc1ccccc1N1CCN(CC(O)CCNC(=O)c2cc3ccccc3[nH]2)CC1. The minimum atomic E-state index is -0.472. The number of carbonyl (C=O) groups excluding carboxylic acids is 1. The van der Waals surface area contributed by atoms with Gasteiger partial charge in [0.2, 0.25) is 0 Å². The molecule has 1 amide bonds. The second kappa shape index (κ2) is 11.2. The van der Waals surface area contributed by atoms with Gasteiger partial charge in [-0.1, -0.05) is 37.3 Å². The number of H-pyrrole nitrogens is 1. The Labute approximate surface area is 195 Å². The van der Waals surface area contributed by atoms with Gasteiger partial charge in [-0.3, -0.25) is 9.69 Å². The van der Waals surface area contributed by atoms with Crippen molar-refractivity contribution in [1.82, 2.24) is 15.2 Å². The maximum Gasteiger partial charge on any atom is 0.267 e. The van der Waals surface area contributed by atoms with Crippen LogP contribution in [-0.4, -0.2) is 72.9 Å². The van der Waals surface area contributed by atoms with E-state index in [4.69, 9.17) is 4.74 Å². The number of piperazine rings is 1. The highest BCUT2D eigenvalue weighted by molar-refractivity contribution is 5.97. The second-order valence-electron chi connectivity index (χ2n) is 8.57. The Balaban J connectivity index is 1.19. The number of aliphatic hydroxyl groups excluding tert-OH is 1. The Kier molecular flexibility index (Phi) is 7.86. The quantitative estimate of drug-likeness (QED) is 0.442. The number of para-hydroxylation sites is 3. The summed E-state index contributed by atoms with van der Waals surface area (Å²) in [4.78, 5) is 20.2. The Morgan fingerprint density at radius 1 is 1.12 bits per heavy atom. The van der Waals surface area contributed by atoms with Crippen LogP contribution < -0.4 is 15.0 Å². The number of hydrogen-bond donors (Lipinski definition) is 3. The molecule has 1 unspecified atom stereocenters. The summed E-state index contributed by atoms with van der Waals surface area (Å²) >= 11 is 0. The van der Waals surface area contributed by atoms with Crippen molar-refractivity contribution in [2.24, 2.45) is 0 Å². The van der Waals surface area contributed by atoms with Crippen LogP contribution >= 0.6 is 0 Å². The number of amides is 1. The number of nitrogens with one attached hydrogen (secondary N) is 2. The Hall–Kier alpha value is -3.03. The van der Waals surface area contributed by atoms with Crippen LogP contribution in [0.4, 0.5) is 5.69 Å². The van der Waals surface area contributed by atoms with Gasteiger partial charge < -0.3 is 25.0 Å². The van der Waals surface area contributed by atoms with E-state index in [2.05, 4.69) is 33.1 Å². The van der Waals surface area contributed by atoms with Crippen LogP contribution in [0, 0.1) is 0 Å². The van der Waals surface area contributed by atoms with E-state index in [-0.39, 0.29) is 5.91 Å². The first-order valence-corrected chi connectivity index (χ1v) is 11.9. The van der Waals surface area contributed by atoms with E-state index in [9.17, 15) is 9.90 Å². The Morgan fingerprint density at radius 3 is 2.67 bits per heavy atom. The lowest BCUT2D eigenvalue weighted by Crippen LogP contribution is -2.49. The van der Waals surface area contributed by atoms with Crippen LogP contribution in [0.2, 0.25) is 0 Å². The van der Waals surface area contributed by atoms with Crippen molar-refractivity contribution in [2.45, 2.75) is 25.9 Å². The summed E-state index contributed by atoms with van der Waals surface area (Å²) in [6, 6.07) is 17.9. The lowest BCUT2D eigenvalue weighted by Gasteiger charge is -2.37. The van der Waals surface area contributed by atoms with Crippen molar-refractivity contribution in [3.05, 3.63) is 60.3 Å². The molecule has 1 aromatic heterocycles. The van der Waals surface area contributed by atoms with E-state index < -0.39 is 6.10 Å². The molecule has 3 aromatic rings. The molecule has 7 nitrogen and oxygen atoms in total. The highest BCUT2D eigenvalue weighted by Gasteiger charge is 2.21. The minimum Gasteiger partial charge on any atom is -0.491 e. The number of aliphatic hydroxyl groups is 1. The maximum atomic E-state index is 12.4. The number of fused-ring (bicyclic) bond motifs is 1. The van der Waals surface area contributed by atoms with Crippen LogP contribution in [0.25, 0.3) is 10.9 Å². The second-order valence-corrected chi connectivity index (χ2v) is 8.57. The van der Waals surface area contributed by atoms with Gasteiger partial charge in [0.15, 0.2) is 0 Å². The van der Waals surface area contributed by atoms with Gasteiger partial charge in [0, 0.05) is 50.2 Å². The zero-order valence-electron chi connectivity index (χ0n) is 19.3. The van der Waals surface area contributed by atoms with Crippen LogP contribution in [0.15, 0.2) is 54.6 Å². The number of aromatic amines is 1. The highest BCUT2D eigenvalue weighted by Crippen LogP contribution is 2.29. The van der Waals surface area contributed by atoms with Crippen molar-refractivity contribution >= 4 is 22.5 Å². The third-order valence-electron chi connectivity index (χ3n) is 6.05. The van der Waals surface area contributed by atoms with E-state index in [0.717, 1.165) is 61.5 Å². The Morgan fingerprint density at radius 2 is 1.88 bits per heavy atom. The molecule has 1 aliphatic rings. The van der Waals surface area contributed by atoms with Crippen molar-refractivity contribution in [3.8, 4) is 5.75 Å². The van der Waals surface area contributed by atoms with Crippen LogP contribution in [0.3, 0.4) is 0 Å². The number of β-amino-alcohol motifs (C(OH)–C–C–N with tert-alkyl or cyclic N) is 1. The standard InChI is InChI=1S/C26H34N4O3/c1-2-17-33-25-10-6-5-9-24(25)30-15-13-29(14-16-30)19-21(31)11-12-27-26(32)23-18-20-7-3-4-8-22(20)28-23/h3-10,18,21,28,31H,2,11-17,19H2,1H3,(H,27,32). The molecule has 1 aliphatic heterocycles. The fraction of sp³-hybridized carbons (Fsp3) is 0.423. The fourth-order valence-electron chi connectivity index (χ4n) is 4.26. The van der Waals surface area contributed by atoms with Gasteiger partial charge in [0.25, 0.3) is 5.91 Å². The first-order chi connectivity index (χ1) is 16.1. The smallest absolute Gasteiger partial charge is 0.267 e. The van der Waals surface area contributed by atoms with Gasteiger partial charge >= 0.3 is 0 Å². The number of benzene rings is 2. The number of hydrogen-bond acceptors (Lipinski definition) is 5. The molecule has 33 heavy (non-hydrogen) atoms. The molecular weight excluding hydrogens is 416 g/mol. The average molecular weight is 451 g/mol. The number of ether oxygens (including phenoxy) is 1. The van der Waals surface area contributed by atoms with Gasteiger partial charge in [0.05, 0.1) is 18.4 Å². The summed E-state index contributed by atoms with van der Waals surface area (Å²) in [5.74, 6) is 0.800. The molecule has 2 aromatic carbocycles. The van der Waals surface area contributed by atoms with Gasteiger partial charge in [-0.15, -0.1) is 0 Å². The summed E-state index contributed by atoms with van der Waals surface area (Å²) < 4.78 is 5.91. The molecule has 0 saturated carbocycles. The molecule has 1 fully saturated rings. The van der Waals surface area contributed by atoms with Gasteiger partial charge in [0.1, 0.15) is 11.4 Å². The zero-order valence-corrected chi connectivity index (χ0v) is 19.3. The molecule has 4 rings (SSSR count). The first-order valence-electron chi connectivity index (χ1n) is 11.9. The summed E-state index contributed by atoms with van der Waals surface area (Å²) in [5, 5.41) is 14.4. The number of rotatable bonds is 10. The molecule has 176 valence electrons. The van der Waals surface area contributed by atoms with Gasteiger partial charge in [-0.2, -0.15) is 0 Å². The third kappa shape index (κ3) is 6.06. The van der Waals surface area contributed by atoms with Crippen molar-refractivity contribution in [3.63, 3.8) is 0 Å². The molecule has 1 atom stereocenters. The highest BCUT2D eigenvalue weighted by atomic mass is 16.5. The van der Waals surface area contributed by atoms with E-state index in [1.807, 2.05) is 48.5 Å². The molecular formula is C26H34N4O3. The monoisotopic (exact) mass is 450 g/mol. The van der Waals surface area contributed by atoms with Crippen molar-refractivity contribution in [2.75, 3.05) is 50.8 Å². The predicted molar refractivity (Wildman–Crippen MR) is 132 cm³/mol. The van der Waals surface area contributed by atoms with E-state index in [1.165, 1.54) is 0 Å². The Bertz CT molecular complexity index is 1010. The zero-order chi connectivity index (χ0) is 23.0. The molecule has 0 bridgehead atoms. The van der Waals surface area contributed by atoms with Crippen LogP contribution in [0.5, 0.6) is 5.75 Å². The molecule has 1 saturated heterocycles. The van der Waals surface area contributed by atoms with Crippen LogP contribution in [-0.2, 0) is 0 Å². The average Bonchev–Trinajstić information content (AvgIpc) is 3.28. The molecule has 0 aliphatic carbocycles. The number of carbonyl (C=O) groups is 1. The summed E-state index contributed by atoms with van der Waals surface area (Å²) in [5.41, 5.74) is 2.64. The molecule has 2 heterocycles. The van der Waals surface area contributed by atoms with Crippen molar-refractivity contribution < 1.29 is 14.6 Å². The summed E-state index contributed by atoms with van der Waals surface area (Å²) in [6.45, 7) is 7.47. The fourth-order valence-corrected chi connectivity index (χ4v) is 4.26. The lowest BCUT2D eigenvalue weighted by atomic mass is 10.2. The minimum absolute atomic E-state index is 0.143. The molecule has 3 N–H and O–H groups in total. The topological polar surface area (TPSA) is 80.8 Å². The van der Waals surface area contributed by atoms with Crippen molar-refractivity contribution in [1.29, 1.82) is 0 Å². The number of anilines is 1. The lowest BCUT2D eigenvalue weighted by molar-refractivity contribution is 0.0899. The predicted octanol–water partition coefficient (Wildman–Crippen LogP) is 3.26. The third-order valence-corrected chi connectivity index (χ3v) is 6.05. The summed E-state index contributed by atoms with van der Waals surface area (Å²) in [7, 11) is 0. The van der Waals surface area contributed by atoms with Gasteiger partial charge in [-0.25, -0.2) is 0 Å². The maximum absolute atomic E-state index is 12.4. The first kappa shape index (κ1) is 23.1. The number of nitrogens with zero attached hydrogens (tertiary/aromatic N) is 2. The normalized spacial score (nSPS) is 15.5. The van der Waals surface area contributed by atoms with E-state index in [0.29, 0.717) is 25.2 Å². The van der Waals surface area contributed by atoms with Gasteiger partial charge in [-0.05, 0) is 37.1 Å². The largest absolute Gasteiger partial charge is 0.491 e. The summed E-state index contributed by atoms with van der Waals surface area (Å²) in [6.07, 6.45) is 1.04. The number of aromatic nitrogens is 1. The van der Waals surface area contributed by atoms with E-state index >= 15 is 0 Å². The van der Waals surface area contributed by atoms with E-state index in [1.54, 1.807) is 0 Å². The van der Waals surface area contributed by atoms with Crippen LogP contribution in [0.1, 0.15) is 30.3 Å².